The van der Waals surface area contributed by atoms with Gasteiger partial charge in [-0.05, 0) is 30.0 Å². The number of carbonyl (C=O) groups is 1. The van der Waals surface area contributed by atoms with E-state index in [0.29, 0.717) is 13.0 Å². The maximum atomic E-state index is 13.5. The van der Waals surface area contributed by atoms with Gasteiger partial charge in [0.1, 0.15) is 0 Å². The molecule has 0 aliphatic carbocycles. The molecule has 8 heteroatoms. The Balaban J connectivity index is 1.88. The quantitative estimate of drug-likeness (QED) is 0.630. The molecule has 166 valence electrons. The van der Waals surface area contributed by atoms with Gasteiger partial charge in [0.05, 0.1) is 24.2 Å². The largest absolute Gasteiger partial charge is 0.465 e. The molecule has 0 spiro atoms. The van der Waals surface area contributed by atoms with Crippen molar-refractivity contribution in [3.05, 3.63) is 78.9 Å². The van der Waals surface area contributed by atoms with Gasteiger partial charge in [0.25, 0.3) is 0 Å². The number of hydrogen-bond donors (Lipinski definition) is 1. The number of hydrogen-bond acceptors (Lipinski definition) is 4. The van der Waals surface area contributed by atoms with E-state index in [1.165, 1.54) is 9.21 Å². The molecule has 0 aromatic heterocycles. The standard InChI is InChI=1S/C23H28N2O5S/c1-2-9-20-14-24(23(26)27)16-21(18-30-17-19-10-5-3-6-11-19)25(15-20)31(28,29)22-12-7-4-8-13-22/h2-8,10-13,20-21H,1,9,14-18H2,(H,26,27). The van der Waals surface area contributed by atoms with Gasteiger partial charge in [-0.25, -0.2) is 13.2 Å². The van der Waals surface area contributed by atoms with Gasteiger partial charge < -0.3 is 14.7 Å². The highest BCUT2D eigenvalue weighted by Crippen LogP contribution is 2.25. The second kappa shape index (κ2) is 10.6. The van der Waals surface area contributed by atoms with Gasteiger partial charge in [-0.1, -0.05) is 54.6 Å². The number of sulfonamides is 1. The molecule has 1 N–H and O–H groups in total. The number of carboxylic acid groups (broad SMARTS) is 1. The van der Waals surface area contributed by atoms with E-state index in [4.69, 9.17) is 4.74 Å². The summed E-state index contributed by atoms with van der Waals surface area (Å²) in [7, 11) is -3.83. The van der Waals surface area contributed by atoms with Gasteiger partial charge >= 0.3 is 6.09 Å². The van der Waals surface area contributed by atoms with E-state index in [1.807, 2.05) is 30.3 Å². The lowest BCUT2D eigenvalue weighted by Crippen LogP contribution is -2.48. The van der Waals surface area contributed by atoms with Crippen molar-refractivity contribution < 1.29 is 23.1 Å². The number of rotatable bonds is 8. The fourth-order valence-corrected chi connectivity index (χ4v) is 5.48. The summed E-state index contributed by atoms with van der Waals surface area (Å²) in [6.07, 6.45) is 1.15. The van der Waals surface area contributed by atoms with Gasteiger partial charge in [-0.3, -0.25) is 0 Å². The molecule has 3 rings (SSSR count). The lowest BCUT2D eigenvalue weighted by molar-refractivity contribution is 0.0685. The van der Waals surface area contributed by atoms with Crippen molar-refractivity contribution in [3.63, 3.8) is 0 Å². The molecule has 7 nitrogen and oxygen atoms in total. The topological polar surface area (TPSA) is 87.2 Å². The Hall–Kier alpha value is -2.68. The van der Waals surface area contributed by atoms with E-state index in [9.17, 15) is 18.3 Å². The maximum Gasteiger partial charge on any atom is 0.407 e. The highest BCUT2D eigenvalue weighted by atomic mass is 32.2. The van der Waals surface area contributed by atoms with Crippen LogP contribution in [-0.4, -0.2) is 61.1 Å². The monoisotopic (exact) mass is 444 g/mol. The number of ether oxygens (including phenoxy) is 1. The van der Waals surface area contributed by atoms with Gasteiger partial charge in [0, 0.05) is 19.6 Å². The predicted octanol–water partition coefficient (Wildman–Crippen LogP) is 3.45. The van der Waals surface area contributed by atoms with Crippen molar-refractivity contribution in [3.8, 4) is 0 Å². The maximum absolute atomic E-state index is 13.5. The van der Waals surface area contributed by atoms with Crippen molar-refractivity contribution in [2.45, 2.75) is 24.0 Å². The molecule has 1 amide bonds. The van der Waals surface area contributed by atoms with Crippen LogP contribution in [0.2, 0.25) is 0 Å². The Kier molecular flexibility index (Phi) is 7.84. The molecule has 0 radical (unpaired) electrons. The van der Waals surface area contributed by atoms with Crippen molar-refractivity contribution in [1.82, 2.24) is 9.21 Å². The molecule has 1 fully saturated rings. The fourth-order valence-electron chi connectivity index (χ4n) is 3.78. The Morgan fingerprint density at radius 3 is 2.32 bits per heavy atom. The zero-order valence-electron chi connectivity index (χ0n) is 17.3. The summed E-state index contributed by atoms with van der Waals surface area (Å²) in [5, 5.41) is 9.67. The van der Waals surface area contributed by atoms with Crippen LogP contribution in [0.5, 0.6) is 0 Å². The van der Waals surface area contributed by atoms with Crippen LogP contribution >= 0.6 is 0 Å². The summed E-state index contributed by atoms with van der Waals surface area (Å²) in [5.41, 5.74) is 0.966. The third-order valence-corrected chi connectivity index (χ3v) is 7.23. The van der Waals surface area contributed by atoms with Crippen LogP contribution in [0.1, 0.15) is 12.0 Å². The molecule has 31 heavy (non-hydrogen) atoms. The average Bonchev–Trinajstić information content (AvgIpc) is 2.96. The molecule has 2 atom stereocenters. The highest BCUT2D eigenvalue weighted by molar-refractivity contribution is 7.89. The van der Waals surface area contributed by atoms with Gasteiger partial charge in [-0.2, -0.15) is 4.31 Å². The van der Waals surface area contributed by atoms with Crippen LogP contribution < -0.4 is 0 Å². The molecule has 2 unspecified atom stereocenters. The van der Waals surface area contributed by atoms with E-state index < -0.39 is 22.2 Å². The summed E-state index contributed by atoms with van der Waals surface area (Å²) >= 11 is 0. The van der Waals surface area contributed by atoms with Crippen LogP contribution in [0, 0.1) is 5.92 Å². The summed E-state index contributed by atoms with van der Waals surface area (Å²) in [6, 6.07) is 17.2. The first-order valence-corrected chi connectivity index (χ1v) is 11.6. The summed E-state index contributed by atoms with van der Waals surface area (Å²) in [6.45, 7) is 4.65. The van der Waals surface area contributed by atoms with Gasteiger partial charge in [0.15, 0.2) is 0 Å². The fraction of sp³-hybridized carbons (Fsp3) is 0.348. The van der Waals surface area contributed by atoms with Crippen LogP contribution in [0.15, 0.2) is 78.2 Å². The van der Waals surface area contributed by atoms with E-state index in [-0.39, 0.29) is 37.1 Å². The van der Waals surface area contributed by atoms with Crippen LogP contribution in [-0.2, 0) is 21.4 Å². The van der Waals surface area contributed by atoms with E-state index >= 15 is 0 Å². The minimum Gasteiger partial charge on any atom is -0.465 e. The molecule has 2 aromatic rings. The Labute approximate surface area is 183 Å². The van der Waals surface area contributed by atoms with Gasteiger partial charge in [-0.15, -0.1) is 6.58 Å². The van der Waals surface area contributed by atoms with E-state index in [0.717, 1.165) is 5.56 Å². The number of nitrogens with zero attached hydrogens (tertiary/aromatic N) is 2. The first-order valence-electron chi connectivity index (χ1n) is 10.2. The number of allylic oxidation sites excluding steroid dienone is 1. The lowest BCUT2D eigenvalue weighted by Gasteiger charge is -2.30. The minimum atomic E-state index is -3.83. The SMILES string of the molecule is C=CCC1CN(C(=O)O)CC(COCc2ccccc2)N(S(=O)(=O)c2ccccc2)C1. The van der Waals surface area contributed by atoms with E-state index in [1.54, 1.807) is 36.4 Å². The number of amides is 1. The molecular weight excluding hydrogens is 416 g/mol. The van der Waals surface area contributed by atoms with Crippen molar-refractivity contribution >= 4 is 16.1 Å². The van der Waals surface area contributed by atoms with Crippen molar-refractivity contribution in [1.29, 1.82) is 0 Å². The molecule has 2 aromatic carbocycles. The molecule has 0 saturated carbocycles. The summed E-state index contributed by atoms with van der Waals surface area (Å²) in [5.74, 6) is -0.189. The Morgan fingerprint density at radius 2 is 1.71 bits per heavy atom. The zero-order valence-corrected chi connectivity index (χ0v) is 18.2. The molecular formula is C23H28N2O5S. The molecule has 1 saturated heterocycles. The first-order chi connectivity index (χ1) is 14.9. The van der Waals surface area contributed by atoms with Crippen LogP contribution in [0.3, 0.4) is 0 Å². The number of benzene rings is 2. The summed E-state index contributed by atoms with van der Waals surface area (Å²) < 4.78 is 34.2. The Bertz CT molecular complexity index is 966. The molecule has 1 heterocycles. The average molecular weight is 445 g/mol. The molecule has 1 aliphatic rings. The highest BCUT2D eigenvalue weighted by Gasteiger charge is 2.38. The first kappa shape index (κ1) is 23.0. The minimum absolute atomic E-state index is 0.0455. The smallest absolute Gasteiger partial charge is 0.407 e. The van der Waals surface area contributed by atoms with Crippen LogP contribution in [0.25, 0.3) is 0 Å². The van der Waals surface area contributed by atoms with Crippen molar-refractivity contribution in [2.75, 3.05) is 26.2 Å². The third-order valence-electron chi connectivity index (χ3n) is 5.30. The summed E-state index contributed by atoms with van der Waals surface area (Å²) in [4.78, 5) is 13.3. The predicted molar refractivity (Wildman–Crippen MR) is 118 cm³/mol. The van der Waals surface area contributed by atoms with E-state index in [2.05, 4.69) is 6.58 Å². The Morgan fingerprint density at radius 1 is 1.06 bits per heavy atom. The van der Waals surface area contributed by atoms with Gasteiger partial charge in [0.2, 0.25) is 10.0 Å². The molecule has 1 aliphatic heterocycles. The third kappa shape index (κ3) is 5.94. The normalized spacial score (nSPS) is 20.2. The lowest BCUT2D eigenvalue weighted by atomic mass is 10.1. The van der Waals surface area contributed by atoms with Crippen LogP contribution in [0.4, 0.5) is 4.79 Å². The second-order valence-corrected chi connectivity index (χ2v) is 9.51. The molecule has 0 bridgehead atoms. The second-order valence-electron chi connectivity index (χ2n) is 7.62. The zero-order chi connectivity index (χ0) is 22.3. The van der Waals surface area contributed by atoms with Crippen molar-refractivity contribution in [2.24, 2.45) is 5.92 Å².